The van der Waals surface area contributed by atoms with Gasteiger partial charge in [-0.15, -0.1) is 6.58 Å². The first-order valence-corrected chi connectivity index (χ1v) is 4.36. The van der Waals surface area contributed by atoms with Gasteiger partial charge in [-0.2, -0.15) is 0 Å². The maximum absolute atomic E-state index is 11.4. The van der Waals surface area contributed by atoms with Gasteiger partial charge in [-0.1, -0.05) is 6.08 Å². The molecule has 1 aliphatic rings. The van der Waals surface area contributed by atoms with Crippen LogP contribution in [0.15, 0.2) is 12.7 Å². The monoisotopic (exact) mass is 168 g/mol. The van der Waals surface area contributed by atoms with E-state index in [1.165, 1.54) is 0 Å². The predicted molar refractivity (Wildman–Crippen MR) is 48.6 cm³/mol. The highest BCUT2D eigenvalue weighted by molar-refractivity contribution is 5.77. The van der Waals surface area contributed by atoms with Crippen molar-refractivity contribution >= 4 is 5.91 Å². The summed E-state index contributed by atoms with van der Waals surface area (Å²) in [7, 11) is 0. The normalized spacial score (nSPS) is 24.2. The van der Waals surface area contributed by atoms with E-state index in [0.717, 1.165) is 13.0 Å². The summed E-state index contributed by atoms with van der Waals surface area (Å²) in [5, 5.41) is 0. The standard InChI is InChI=1S/C9H16N2O/c1-2-4-11-5-3-8(7-10)6-9(11)12/h2,8H,1,3-7,10H2. The lowest BCUT2D eigenvalue weighted by molar-refractivity contribution is -0.134. The van der Waals surface area contributed by atoms with E-state index < -0.39 is 0 Å². The zero-order valence-corrected chi connectivity index (χ0v) is 7.33. The lowest BCUT2D eigenvalue weighted by Gasteiger charge is -2.30. The summed E-state index contributed by atoms with van der Waals surface area (Å²) >= 11 is 0. The van der Waals surface area contributed by atoms with Crippen LogP contribution < -0.4 is 5.73 Å². The fourth-order valence-corrected chi connectivity index (χ4v) is 1.49. The molecular weight excluding hydrogens is 152 g/mol. The van der Waals surface area contributed by atoms with E-state index in [4.69, 9.17) is 5.73 Å². The Morgan fingerprint density at radius 1 is 1.75 bits per heavy atom. The van der Waals surface area contributed by atoms with E-state index in [1.54, 1.807) is 6.08 Å². The maximum atomic E-state index is 11.4. The minimum absolute atomic E-state index is 0.219. The molecule has 3 nitrogen and oxygen atoms in total. The second-order valence-corrected chi connectivity index (χ2v) is 3.22. The van der Waals surface area contributed by atoms with Crippen molar-refractivity contribution in [1.82, 2.24) is 4.90 Å². The third kappa shape index (κ3) is 2.08. The van der Waals surface area contributed by atoms with Crippen LogP contribution in [0.3, 0.4) is 0 Å². The van der Waals surface area contributed by atoms with Gasteiger partial charge in [-0.3, -0.25) is 4.79 Å². The van der Waals surface area contributed by atoms with Crippen molar-refractivity contribution in [2.24, 2.45) is 11.7 Å². The minimum atomic E-state index is 0.219. The Hall–Kier alpha value is -0.830. The van der Waals surface area contributed by atoms with Gasteiger partial charge in [0, 0.05) is 19.5 Å². The Kier molecular flexibility index (Phi) is 3.29. The zero-order chi connectivity index (χ0) is 8.97. The number of rotatable bonds is 3. The van der Waals surface area contributed by atoms with Gasteiger partial charge in [0.25, 0.3) is 0 Å². The Bertz CT molecular complexity index is 179. The van der Waals surface area contributed by atoms with E-state index in [-0.39, 0.29) is 5.91 Å². The van der Waals surface area contributed by atoms with Crippen molar-refractivity contribution < 1.29 is 4.79 Å². The first-order valence-electron chi connectivity index (χ1n) is 4.36. The average Bonchev–Trinajstić information content (AvgIpc) is 2.09. The predicted octanol–water partition coefficient (Wildman–Crippen LogP) is 0.370. The largest absolute Gasteiger partial charge is 0.339 e. The SMILES string of the molecule is C=CCN1CCC(CN)CC1=O. The molecule has 0 saturated carbocycles. The van der Waals surface area contributed by atoms with Gasteiger partial charge >= 0.3 is 0 Å². The number of carbonyl (C=O) groups is 1. The number of carbonyl (C=O) groups excluding carboxylic acids is 1. The van der Waals surface area contributed by atoms with Crippen LogP contribution in [-0.4, -0.2) is 30.4 Å². The molecule has 0 radical (unpaired) electrons. The van der Waals surface area contributed by atoms with Crippen molar-refractivity contribution in [1.29, 1.82) is 0 Å². The molecule has 1 unspecified atom stereocenters. The van der Waals surface area contributed by atoms with E-state index in [1.807, 2.05) is 4.90 Å². The number of hydrogen-bond donors (Lipinski definition) is 1. The molecule has 0 bridgehead atoms. The number of likely N-dealkylation sites (tertiary alicyclic amines) is 1. The van der Waals surface area contributed by atoms with Crippen molar-refractivity contribution in [3.63, 3.8) is 0 Å². The highest BCUT2D eigenvalue weighted by Gasteiger charge is 2.23. The Morgan fingerprint density at radius 3 is 3.00 bits per heavy atom. The Labute approximate surface area is 73.2 Å². The van der Waals surface area contributed by atoms with Gasteiger partial charge in [0.1, 0.15) is 0 Å². The van der Waals surface area contributed by atoms with Crippen LogP contribution in [0.4, 0.5) is 0 Å². The van der Waals surface area contributed by atoms with Crippen molar-refractivity contribution in [3.05, 3.63) is 12.7 Å². The molecule has 3 heteroatoms. The molecule has 12 heavy (non-hydrogen) atoms. The van der Waals surface area contributed by atoms with Gasteiger partial charge in [-0.05, 0) is 18.9 Å². The van der Waals surface area contributed by atoms with Crippen molar-refractivity contribution in [2.75, 3.05) is 19.6 Å². The molecule has 1 heterocycles. The minimum Gasteiger partial charge on any atom is -0.339 e. The molecule has 1 fully saturated rings. The summed E-state index contributed by atoms with van der Waals surface area (Å²) in [4.78, 5) is 13.2. The number of hydrogen-bond acceptors (Lipinski definition) is 2. The van der Waals surface area contributed by atoms with E-state index in [9.17, 15) is 4.79 Å². The third-order valence-electron chi connectivity index (χ3n) is 2.31. The molecule has 68 valence electrons. The average molecular weight is 168 g/mol. The molecule has 1 aliphatic heterocycles. The van der Waals surface area contributed by atoms with E-state index in [0.29, 0.717) is 25.4 Å². The topological polar surface area (TPSA) is 46.3 Å². The second kappa shape index (κ2) is 4.26. The fourth-order valence-electron chi connectivity index (χ4n) is 1.49. The number of amides is 1. The summed E-state index contributed by atoms with van der Waals surface area (Å²) in [5.41, 5.74) is 5.49. The van der Waals surface area contributed by atoms with E-state index in [2.05, 4.69) is 6.58 Å². The molecule has 2 N–H and O–H groups in total. The molecule has 0 spiro atoms. The molecule has 1 rings (SSSR count). The van der Waals surface area contributed by atoms with Crippen LogP contribution in [0.25, 0.3) is 0 Å². The van der Waals surface area contributed by atoms with Crippen molar-refractivity contribution in [2.45, 2.75) is 12.8 Å². The Balaban J connectivity index is 2.42. The van der Waals surface area contributed by atoms with Gasteiger partial charge < -0.3 is 10.6 Å². The van der Waals surface area contributed by atoms with Crippen LogP contribution in [0, 0.1) is 5.92 Å². The van der Waals surface area contributed by atoms with Gasteiger partial charge in [0.15, 0.2) is 0 Å². The summed E-state index contributed by atoms with van der Waals surface area (Å²) in [6.45, 7) is 5.76. The molecule has 0 aromatic carbocycles. The fraction of sp³-hybridized carbons (Fsp3) is 0.667. The third-order valence-corrected chi connectivity index (χ3v) is 2.31. The van der Waals surface area contributed by atoms with Gasteiger partial charge in [0.05, 0.1) is 0 Å². The lowest BCUT2D eigenvalue weighted by Crippen LogP contribution is -2.40. The molecule has 0 aromatic rings. The van der Waals surface area contributed by atoms with Crippen LogP contribution in [0.2, 0.25) is 0 Å². The summed E-state index contributed by atoms with van der Waals surface area (Å²) in [6.07, 6.45) is 3.42. The molecule has 0 aliphatic carbocycles. The van der Waals surface area contributed by atoms with Gasteiger partial charge in [0.2, 0.25) is 5.91 Å². The summed E-state index contributed by atoms with van der Waals surface area (Å²) < 4.78 is 0. The molecule has 1 amide bonds. The van der Waals surface area contributed by atoms with Crippen LogP contribution >= 0.6 is 0 Å². The summed E-state index contributed by atoms with van der Waals surface area (Å²) in [5.74, 6) is 0.621. The van der Waals surface area contributed by atoms with Crippen molar-refractivity contribution in [3.8, 4) is 0 Å². The smallest absolute Gasteiger partial charge is 0.223 e. The van der Waals surface area contributed by atoms with E-state index >= 15 is 0 Å². The molecule has 0 aromatic heterocycles. The number of piperidine rings is 1. The quantitative estimate of drug-likeness (QED) is 0.619. The zero-order valence-electron chi connectivity index (χ0n) is 7.33. The highest BCUT2D eigenvalue weighted by atomic mass is 16.2. The van der Waals surface area contributed by atoms with Crippen LogP contribution in [0.5, 0.6) is 0 Å². The molecule has 1 saturated heterocycles. The number of nitrogens with zero attached hydrogens (tertiary/aromatic N) is 1. The Morgan fingerprint density at radius 2 is 2.50 bits per heavy atom. The second-order valence-electron chi connectivity index (χ2n) is 3.22. The molecular formula is C9H16N2O. The highest BCUT2D eigenvalue weighted by Crippen LogP contribution is 2.16. The maximum Gasteiger partial charge on any atom is 0.223 e. The molecule has 1 atom stereocenters. The first-order chi connectivity index (χ1) is 5.77. The first kappa shape index (κ1) is 9.26. The lowest BCUT2D eigenvalue weighted by atomic mass is 9.96. The van der Waals surface area contributed by atoms with Gasteiger partial charge in [-0.25, -0.2) is 0 Å². The van der Waals surface area contributed by atoms with Crippen LogP contribution in [0.1, 0.15) is 12.8 Å². The summed E-state index contributed by atoms with van der Waals surface area (Å²) in [6, 6.07) is 0. The number of nitrogens with two attached hydrogens (primary N) is 1. The van der Waals surface area contributed by atoms with Crippen LogP contribution in [-0.2, 0) is 4.79 Å².